The molecular weight excluding hydrogens is 306 g/mol. The molecule has 0 aromatic carbocycles. The molecule has 0 N–H and O–H groups in total. The van der Waals surface area contributed by atoms with Gasteiger partial charge in [0.15, 0.2) is 12.1 Å². The lowest BCUT2D eigenvalue weighted by Crippen LogP contribution is -2.37. The predicted molar refractivity (Wildman–Crippen MR) is 82.7 cm³/mol. The molecule has 22 heavy (non-hydrogen) atoms. The first-order valence-electron chi connectivity index (χ1n) is 7.52. The molecule has 0 bridgehead atoms. The summed E-state index contributed by atoms with van der Waals surface area (Å²) in [6, 6.07) is 0. The largest absolute Gasteiger partial charge is 0.349 e. The second-order valence-corrected chi connectivity index (χ2v) is 6.08. The Kier molecular flexibility index (Phi) is 6.54. The van der Waals surface area contributed by atoms with Gasteiger partial charge in [0.05, 0.1) is 18.8 Å². The topological polar surface area (TPSA) is 66.2 Å². The number of rotatable bonds is 8. The molecule has 1 aliphatic heterocycles. The van der Waals surface area contributed by atoms with Crippen molar-refractivity contribution < 1.29 is 14.3 Å². The van der Waals surface area contributed by atoms with E-state index in [1.54, 1.807) is 10.8 Å². The van der Waals surface area contributed by atoms with Crippen molar-refractivity contribution in [2.24, 2.45) is 5.92 Å². The van der Waals surface area contributed by atoms with Gasteiger partial charge < -0.3 is 9.47 Å². The van der Waals surface area contributed by atoms with Crippen molar-refractivity contribution in [1.82, 2.24) is 15.0 Å². The fourth-order valence-corrected chi connectivity index (χ4v) is 2.16. The first kappa shape index (κ1) is 17.1. The van der Waals surface area contributed by atoms with Crippen LogP contribution in [-0.2, 0) is 27.2 Å². The zero-order valence-electron chi connectivity index (χ0n) is 12.9. The minimum absolute atomic E-state index is 0.0813. The molecule has 0 aliphatic carbocycles. The Hall–Kier alpha value is -1.24. The standard InChI is InChI=1S/C15H22ClN3O3/c1-11(2)10-21-15-6-5-13(20)14(22-15)9-19-8-12(17-18-19)4-3-7-16/h5-6,8,11,14-15H,3-4,7,9-10H2,1-2H3/t14-,15+/m1/s1. The van der Waals surface area contributed by atoms with Crippen LogP contribution in [0.3, 0.4) is 0 Å². The number of alkyl halides is 1. The van der Waals surface area contributed by atoms with Gasteiger partial charge in [-0.3, -0.25) is 4.79 Å². The molecule has 0 fully saturated rings. The average molecular weight is 328 g/mol. The van der Waals surface area contributed by atoms with E-state index in [1.807, 2.05) is 6.20 Å². The maximum Gasteiger partial charge on any atom is 0.186 e. The van der Waals surface area contributed by atoms with Crippen molar-refractivity contribution in [2.45, 2.75) is 45.6 Å². The van der Waals surface area contributed by atoms with E-state index < -0.39 is 12.4 Å². The third-order valence-corrected chi connectivity index (χ3v) is 3.40. The Morgan fingerprint density at radius 3 is 3.05 bits per heavy atom. The van der Waals surface area contributed by atoms with E-state index >= 15 is 0 Å². The molecule has 122 valence electrons. The van der Waals surface area contributed by atoms with E-state index in [4.69, 9.17) is 21.1 Å². The Morgan fingerprint density at radius 2 is 2.32 bits per heavy atom. The minimum atomic E-state index is -0.593. The third-order valence-electron chi connectivity index (χ3n) is 3.13. The summed E-state index contributed by atoms with van der Waals surface area (Å²) in [5, 5.41) is 8.08. The van der Waals surface area contributed by atoms with Gasteiger partial charge in [0, 0.05) is 12.1 Å². The molecule has 0 amide bonds. The number of carbonyl (C=O) groups is 1. The lowest BCUT2D eigenvalue weighted by molar-refractivity contribution is -0.168. The van der Waals surface area contributed by atoms with Crippen LogP contribution in [0.2, 0.25) is 0 Å². The molecule has 0 saturated carbocycles. The molecule has 0 radical (unpaired) electrons. The van der Waals surface area contributed by atoms with Crippen LogP contribution in [0.5, 0.6) is 0 Å². The van der Waals surface area contributed by atoms with E-state index in [0.717, 1.165) is 18.5 Å². The maximum absolute atomic E-state index is 11.9. The molecule has 0 unspecified atom stereocenters. The fourth-order valence-electron chi connectivity index (χ4n) is 2.03. The Bertz CT molecular complexity index is 516. The molecular formula is C15H22ClN3O3. The summed E-state index contributed by atoms with van der Waals surface area (Å²) >= 11 is 5.66. The fraction of sp³-hybridized carbons (Fsp3) is 0.667. The molecule has 0 saturated heterocycles. The molecule has 2 heterocycles. The quantitative estimate of drug-likeness (QED) is 0.683. The van der Waals surface area contributed by atoms with Crippen LogP contribution in [0.25, 0.3) is 0 Å². The zero-order chi connectivity index (χ0) is 15.9. The van der Waals surface area contributed by atoms with E-state index in [2.05, 4.69) is 24.2 Å². The van der Waals surface area contributed by atoms with Crippen LogP contribution in [-0.4, -0.2) is 45.7 Å². The average Bonchev–Trinajstić information content (AvgIpc) is 2.93. The number of halogens is 1. The molecule has 1 aromatic heterocycles. The van der Waals surface area contributed by atoms with Crippen LogP contribution >= 0.6 is 11.6 Å². The van der Waals surface area contributed by atoms with Crippen LogP contribution in [0.4, 0.5) is 0 Å². The molecule has 6 nitrogen and oxygen atoms in total. The first-order valence-corrected chi connectivity index (χ1v) is 8.06. The van der Waals surface area contributed by atoms with Gasteiger partial charge in [-0.1, -0.05) is 19.1 Å². The van der Waals surface area contributed by atoms with Gasteiger partial charge in [0.2, 0.25) is 0 Å². The summed E-state index contributed by atoms with van der Waals surface area (Å²) in [6.07, 6.45) is 5.55. The highest BCUT2D eigenvalue weighted by Crippen LogP contribution is 2.14. The van der Waals surface area contributed by atoms with Gasteiger partial charge in [-0.05, 0) is 30.9 Å². The van der Waals surface area contributed by atoms with Gasteiger partial charge >= 0.3 is 0 Å². The van der Waals surface area contributed by atoms with Crippen molar-refractivity contribution in [3.8, 4) is 0 Å². The summed E-state index contributed by atoms with van der Waals surface area (Å²) in [7, 11) is 0. The maximum atomic E-state index is 11.9. The van der Waals surface area contributed by atoms with Gasteiger partial charge in [-0.2, -0.15) is 0 Å². The minimum Gasteiger partial charge on any atom is -0.349 e. The highest BCUT2D eigenvalue weighted by Gasteiger charge is 2.26. The van der Waals surface area contributed by atoms with Crippen LogP contribution in [0.1, 0.15) is 26.0 Å². The SMILES string of the molecule is CC(C)CO[C@@H]1C=CC(=O)[C@@H](Cn2cc(CCCCl)nn2)O1. The highest BCUT2D eigenvalue weighted by atomic mass is 35.5. The molecule has 0 spiro atoms. The summed E-state index contributed by atoms with van der Waals surface area (Å²) in [5.74, 6) is 0.923. The second-order valence-electron chi connectivity index (χ2n) is 5.71. The normalized spacial score (nSPS) is 21.7. The Morgan fingerprint density at radius 1 is 1.50 bits per heavy atom. The second kappa shape index (κ2) is 8.41. The van der Waals surface area contributed by atoms with Gasteiger partial charge in [-0.25, -0.2) is 4.68 Å². The van der Waals surface area contributed by atoms with Gasteiger partial charge in [0.25, 0.3) is 0 Å². The highest BCUT2D eigenvalue weighted by molar-refractivity contribution is 6.17. The van der Waals surface area contributed by atoms with E-state index in [9.17, 15) is 4.79 Å². The van der Waals surface area contributed by atoms with Crippen LogP contribution in [0, 0.1) is 5.92 Å². The summed E-state index contributed by atoms with van der Waals surface area (Å²) in [4.78, 5) is 11.9. The van der Waals surface area contributed by atoms with Gasteiger partial charge in [-0.15, -0.1) is 16.7 Å². The number of ether oxygens (including phenoxy) is 2. The van der Waals surface area contributed by atoms with Crippen LogP contribution < -0.4 is 0 Å². The lowest BCUT2D eigenvalue weighted by Gasteiger charge is -2.25. The molecule has 2 rings (SSSR count). The van der Waals surface area contributed by atoms with E-state index in [-0.39, 0.29) is 5.78 Å². The van der Waals surface area contributed by atoms with E-state index in [0.29, 0.717) is 24.9 Å². The molecule has 2 atom stereocenters. The lowest BCUT2D eigenvalue weighted by atomic mass is 10.1. The van der Waals surface area contributed by atoms with Crippen molar-refractivity contribution in [3.63, 3.8) is 0 Å². The Labute approximate surface area is 135 Å². The van der Waals surface area contributed by atoms with Crippen molar-refractivity contribution >= 4 is 17.4 Å². The number of aryl methyl sites for hydroxylation is 1. The summed E-state index contributed by atoms with van der Waals surface area (Å²) < 4.78 is 12.9. The number of ketones is 1. The van der Waals surface area contributed by atoms with Crippen molar-refractivity contribution in [2.75, 3.05) is 12.5 Å². The summed E-state index contributed by atoms with van der Waals surface area (Å²) in [5.41, 5.74) is 0.868. The number of carbonyl (C=O) groups excluding carboxylic acids is 1. The number of aromatic nitrogens is 3. The summed E-state index contributed by atoms with van der Waals surface area (Å²) in [6.45, 7) is 5.04. The number of hydrogen-bond acceptors (Lipinski definition) is 5. The van der Waals surface area contributed by atoms with Gasteiger partial charge in [0.1, 0.15) is 6.10 Å². The van der Waals surface area contributed by atoms with Crippen molar-refractivity contribution in [3.05, 3.63) is 24.0 Å². The monoisotopic (exact) mass is 327 g/mol. The number of nitrogens with zero attached hydrogens (tertiary/aromatic N) is 3. The Balaban J connectivity index is 1.89. The van der Waals surface area contributed by atoms with Crippen molar-refractivity contribution in [1.29, 1.82) is 0 Å². The first-order chi connectivity index (χ1) is 10.6. The smallest absolute Gasteiger partial charge is 0.186 e. The van der Waals surface area contributed by atoms with E-state index in [1.165, 1.54) is 6.08 Å². The third kappa shape index (κ3) is 5.19. The molecule has 7 heteroatoms. The molecule has 1 aromatic rings. The molecule has 1 aliphatic rings. The zero-order valence-corrected chi connectivity index (χ0v) is 13.7. The predicted octanol–water partition coefficient (Wildman–Crippen LogP) is 1.97. The number of hydrogen-bond donors (Lipinski definition) is 0. The van der Waals surface area contributed by atoms with Crippen LogP contribution in [0.15, 0.2) is 18.3 Å².